The number of Topliss-reactive ketones (excluding diaryl/α,β-unsaturated/α-hetero) is 1. The maximum atomic E-state index is 12.0. The Balaban J connectivity index is 2.28. The number of aromatic nitrogens is 2. The first-order valence-electron chi connectivity index (χ1n) is 4.95. The topological polar surface area (TPSA) is 48.0 Å². The van der Waals surface area contributed by atoms with Gasteiger partial charge in [-0.2, -0.15) is 5.10 Å². The van der Waals surface area contributed by atoms with Crippen molar-refractivity contribution in [3.05, 3.63) is 39.5 Å². The van der Waals surface area contributed by atoms with Gasteiger partial charge in [-0.3, -0.25) is 9.48 Å². The molecule has 90 valence electrons. The second-order valence-corrected chi connectivity index (χ2v) is 4.40. The van der Waals surface area contributed by atoms with Crippen LogP contribution >= 0.6 is 23.2 Å². The Labute approximate surface area is 108 Å². The molecule has 6 heteroatoms. The summed E-state index contributed by atoms with van der Waals surface area (Å²) in [7, 11) is 1.75. The van der Waals surface area contributed by atoms with Gasteiger partial charge in [-0.05, 0) is 24.6 Å². The number of halogens is 2. The van der Waals surface area contributed by atoms with Crippen molar-refractivity contribution in [2.24, 2.45) is 7.05 Å². The molecule has 0 bridgehead atoms. The van der Waals surface area contributed by atoms with Crippen LogP contribution in [-0.4, -0.2) is 15.6 Å². The van der Waals surface area contributed by atoms with Crippen molar-refractivity contribution in [3.63, 3.8) is 0 Å². The minimum absolute atomic E-state index is 0.102. The molecule has 0 spiro atoms. The fourth-order valence-corrected chi connectivity index (χ4v) is 2.06. The summed E-state index contributed by atoms with van der Waals surface area (Å²) in [4.78, 5) is 12.0. The average Bonchev–Trinajstić information content (AvgIpc) is 2.78. The fourth-order valence-electron chi connectivity index (χ4n) is 1.61. The minimum Gasteiger partial charge on any atom is -0.452 e. The third-order valence-electron chi connectivity index (χ3n) is 2.51. The first-order chi connectivity index (χ1) is 8.00. The Morgan fingerprint density at radius 3 is 2.71 bits per heavy atom. The number of aryl methyl sites for hydroxylation is 2. The zero-order valence-corrected chi connectivity index (χ0v) is 10.8. The largest absolute Gasteiger partial charge is 0.452 e. The van der Waals surface area contributed by atoms with Gasteiger partial charge in [0.2, 0.25) is 5.22 Å². The van der Waals surface area contributed by atoms with Crippen molar-refractivity contribution < 1.29 is 9.21 Å². The van der Waals surface area contributed by atoms with E-state index in [2.05, 4.69) is 5.10 Å². The number of rotatable bonds is 3. The highest BCUT2D eigenvalue weighted by atomic mass is 35.5. The van der Waals surface area contributed by atoms with Gasteiger partial charge in [-0.1, -0.05) is 11.6 Å². The quantitative estimate of drug-likeness (QED) is 0.807. The molecule has 0 radical (unpaired) electrons. The molecule has 0 N–H and O–H groups in total. The molecule has 2 rings (SSSR count). The molecule has 0 saturated carbocycles. The summed E-state index contributed by atoms with van der Waals surface area (Å²) in [5.74, 6) is -0.145. The molecule has 0 unspecified atom stereocenters. The van der Waals surface area contributed by atoms with Crippen LogP contribution in [0.25, 0.3) is 0 Å². The van der Waals surface area contributed by atoms with Crippen LogP contribution < -0.4 is 0 Å². The summed E-state index contributed by atoms with van der Waals surface area (Å²) >= 11 is 11.8. The highest BCUT2D eigenvalue weighted by Gasteiger charge is 2.18. The smallest absolute Gasteiger partial charge is 0.203 e. The zero-order valence-electron chi connectivity index (χ0n) is 9.33. The highest BCUT2D eigenvalue weighted by Crippen LogP contribution is 2.23. The van der Waals surface area contributed by atoms with E-state index < -0.39 is 0 Å². The second-order valence-electron chi connectivity index (χ2n) is 3.68. The molecule has 0 atom stereocenters. The van der Waals surface area contributed by atoms with Gasteiger partial charge in [0.05, 0.1) is 34.7 Å². The SMILES string of the molecule is Cc1nn(C)c(CC(=O)c2ccoc2Cl)c1Cl. The predicted octanol–water partition coefficient (Wildman–Crippen LogP) is 3.05. The molecule has 0 aromatic carbocycles. The minimum atomic E-state index is -0.145. The third-order valence-corrected chi connectivity index (χ3v) is 3.29. The molecule has 2 heterocycles. The molecule has 0 saturated heterocycles. The van der Waals surface area contributed by atoms with Crippen molar-refractivity contribution >= 4 is 29.0 Å². The van der Waals surface area contributed by atoms with Crippen LogP contribution in [-0.2, 0) is 13.5 Å². The van der Waals surface area contributed by atoms with Crippen molar-refractivity contribution in [1.29, 1.82) is 0 Å². The molecule has 2 aromatic rings. The van der Waals surface area contributed by atoms with Crippen LogP contribution in [0.4, 0.5) is 0 Å². The van der Waals surface area contributed by atoms with Crippen LogP contribution in [0.5, 0.6) is 0 Å². The molecule has 0 amide bonds. The lowest BCUT2D eigenvalue weighted by Crippen LogP contribution is -2.08. The standard InChI is InChI=1S/C11H10Cl2N2O2/c1-6-10(12)8(15(2)14-6)5-9(16)7-3-4-17-11(7)13/h3-4H,5H2,1-2H3. The number of hydrogen-bond acceptors (Lipinski definition) is 3. The van der Waals surface area contributed by atoms with E-state index in [-0.39, 0.29) is 17.4 Å². The van der Waals surface area contributed by atoms with E-state index in [4.69, 9.17) is 27.6 Å². The highest BCUT2D eigenvalue weighted by molar-refractivity contribution is 6.33. The summed E-state index contributed by atoms with van der Waals surface area (Å²) in [5, 5.41) is 4.76. The van der Waals surface area contributed by atoms with Crippen molar-refractivity contribution in [3.8, 4) is 0 Å². The molecule has 17 heavy (non-hydrogen) atoms. The monoisotopic (exact) mass is 272 g/mol. The van der Waals surface area contributed by atoms with Crippen LogP contribution in [0.2, 0.25) is 10.2 Å². The van der Waals surface area contributed by atoms with E-state index in [1.807, 2.05) is 0 Å². The lowest BCUT2D eigenvalue weighted by atomic mass is 10.1. The Morgan fingerprint density at radius 2 is 2.24 bits per heavy atom. The van der Waals surface area contributed by atoms with Gasteiger partial charge in [0, 0.05) is 7.05 Å². The summed E-state index contributed by atoms with van der Waals surface area (Å²) in [6.07, 6.45) is 1.53. The molecule has 0 fully saturated rings. The van der Waals surface area contributed by atoms with E-state index in [9.17, 15) is 4.79 Å². The van der Waals surface area contributed by atoms with Crippen molar-refractivity contribution in [2.75, 3.05) is 0 Å². The van der Waals surface area contributed by atoms with Crippen molar-refractivity contribution in [2.45, 2.75) is 13.3 Å². The number of carbonyl (C=O) groups excluding carboxylic acids is 1. The Kier molecular flexibility index (Phi) is 3.26. The average molecular weight is 273 g/mol. The number of hydrogen-bond donors (Lipinski definition) is 0. The Bertz CT molecular complexity index is 572. The normalized spacial score (nSPS) is 10.8. The number of ketones is 1. The summed E-state index contributed by atoms with van der Waals surface area (Å²) in [6.45, 7) is 1.79. The molecule has 0 aliphatic rings. The maximum Gasteiger partial charge on any atom is 0.203 e. The molecular weight excluding hydrogens is 263 g/mol. The zero-order chi connectivity index (χ0) is 12.6. The first-order valence-corrected chi connectivity index (χ1v) is 5.70. The summed E-state index contributed by atoms with van der Waals surface area (Å²) < 4.78 is 6.48. The van der Waals surface area contributed by atoms with Gasteiger partial charge in [0.15, 0.2) is 5.78 Å². The van der Waals surface area contributed by atoms with E-state index in [0.717, 1.165) is 0 Å². The van der Waals surface area contributed by atoms with Crippen molar-refractivity contribution in [1.82, 2.24) is 9.78 Å². The third kappa shape index (κ3) is 2.23. The van der Waals surface area contributed by atoms with Crippen LogP contribution in [0.15, 0.2) is 16.7 Å². The molecule has 0 aliphatic carbocycles. The van der Waals surface area contributed by atoms with E-state index in [1.54, 1.807) is 24.7 Å². The summed E-state index contributed by atoms with van der Waals surface area (Å²) in [6, 6.07) is 1.54. The van der Waals surface area contributed by atoms with Gasteiger partial charge in [-0.25, -0.2) is 0 Å². The Morgan fingerprint density at radius 1 is 1.53 bits per heavy atom. The molecular formula is C11H10Cl2N2O2. The second kappa shape index (κ2) is 4.55. The van der Waals surface area contributed by atoms with Gasteiger partial charge in [-0.15, -0.1) is 0 Å². The number of furan rings is 1. The first kappa shape index (κ1) is 12.2. The van der Waals surface area contributed by atoms with Crippen LogP contribution in [0, 0.1) is 6.92 Å². The van der Waals surface area contributed by atoms with E-state index in [0.29, 0.717) is 22.0 Å². The van der Waals surface area contributed by atoms with Gasteiger partial charge in [0.25, 0.3) is 0 Å². The number of carbonyl (C=O) groups is 1. The van der Waals surface area contributed by atoms with E-state index in [1.165, 1.54) is 6.26 Å². The molecule has 2 aromatic heterocycles. The van der Waals surface area contributed by atoms with Crippen LogP contribution in [0.1, 0.15) is 21.7 Å². The predicted molar refractivity (Wildman–Crippen MR) is 64.7 cm³/mol. The van der Waals surface area contributed by atoms with Gasteiger partial charge in [0.1, 0.15) is 0 Å². The number of nitrogens with zero attached hydrogens (tertiary/aromatic N) is 2. The molecule has 4 nitrogen and oxygen atoms in total. The van der Waals surface area contributed by atoms with Gasteiger partial charge < -0.3 is 4.42 Å². The summed E-state index contributed by atoms with van der Waals surface area (Å²) in [5.41, 5.74) is 1.74. The maximum absolute atomic E-state index is 12.0. The fraction of sp³-hybridized carbons (Fsp3) is 0.273. The lowest BCUT2D eigenvalue weighted by Gasteiger charge is -2.01. The molecule has 0 aliphatic heterocycles. The Hall–Kier alpha value is -1.26. The van der Waals surface area contributed by atoms with Gasteiger partial charge >= 0.3 is 0 Å². The lowest BCUT2D eigenvalue weighted by molar-refractivity contribution is 0.0990. The van der Waals surface area contributed by atoms with E-state index >= 15 is 0 Å². The van der Waals surface area contributed by atoms with Crippen LogP contribution in [0.3, 0.4) is 0 Å².